The van der Waals surface area contributed by atoms with E-state index in [0.29, 0.717) is 12.1 Å². The molecule has 0 aliphatic heterocycles. The zero-order valence-corrected chi connectivity index (χ0v) is 18.5. The number of rotatable bonds is 9. The molecule has 1 aromatic carbocycles. The van der Waals surface area contributed by atoms with Crippen molar-refractivity contribution >= 4 is 17.9 Å². The van der Waals surface area contributed by atoms with Gasteiger partial charge in [-0.2, -0.15) is 0 Å². The summed E-state index contributed by atoms with van der Waals surface area (Å²) in [7, 11) is 0. The van der Waals surface area contributed by atoms with E-state index in [-0.39, 0.29) is 5.91 Å². The van der Waals surface area contributed by atoms with Crippen molar-refractivity contribution in [3.63, 3.8) is 0 Å². The minimum Gasteiger partial charge on any atom is -0.444 e. The third-order valence-corrected chi connectivity index (χ3v) is 4.18. The fourth-order valence-electron chi connectivity index (χ4n) is 2.76. The van der Waals surface area contributed by atoms with E-state index in [0.717, 1.165) is 24.2 Å². The Kier molecular flexibility index (Phi) is 9.90. The Labute approximate surface area is 179 Å². The van der Waals surface area contributed by atoms with E-state index in [2.05, 4.69) is 23.6 Å². The summed E-state index contributed by atoms with van der Waals surface area (Å²) >= 11 is 0. The Morgan fingerprint density at radius 1 is 1.17 bits per heavy atom. The quantitative estimate of drug-likeness (QED) is 0.368. The van der Waals surface area contributed by atoms with Crippen LogP contribution < -0.4 is 10.6 Å². The van der Waals surface area contributed by atoms with E-state index in [1.807, 2.05) is 6.07 Å². The maximum atomic E-state index is 13.0. The number of nitrogens with one attached hydrogen (secondary N) is 2. The number of carbonyl (C=O) groups excluding carboxylic acids is 3. The normalized spacial score (nSPS) is 12.8. The lowest BCUT2D eigenvalue weighted by molar-refractivity contribution is -0.138. The minimum absolute atomic E-state index is 0.368. The second kappa shape index (κ2) is 11.9. The molecule has 3 amide bonds. The minimum atomic E-state index is -1.01. The molecule has 2 unspecified atom stereocenters. The topological polar surface area (TPSA) is 87.7 Å². The molecule has 0 aliphatic carbocycles. The van der Waals surface area contributed by atoms with Crippen LogP contribution in [0.2, 0.25) is 0 Å². The van der Waals surface area contributed by atoms with Crippen molar-refractivity contribution in [2.45, 2.75) is 71.6 Å². The maximum absolute atomic E-state index is 13.0. The van der Waals surface area contributed by atoms with Gasteiger partial charge in [0, 0.05) is 12.6 Å². The van der Waals surface area contributed by atoms with Crippen molar-refractivity contribution in [2.24, 2.45) is 0 Å². The zero-order valence-electron chi connectivity index (χ0n) is 18.5. The van der Waals surface area contributed by atoms with Crippen molar-refractivity contribution in [3.05, 3.63) is 35.9 Å². The molecule has 0 spiro atoms. The number of carbonyl (C=O) groups is 3. The summed E-state index contributed by atoms with van der Waals surface area (Å²) in [4.78, 5) is 39.0. The van der Waals surface area contributed by atoms with Crippen molar-refractivity contribution in [3.8, 4) is 12.5 Å². The molecule has 7 nitrogen and oxygen atoms in total. The second-order valence-corrected chi connectivity index (χ2v) is 8.02. The summed E-state index contributed by atoms with van der Waals surface area (Å²) in [5.74, 6) is -0.950. The Bertz CT molecular complexity index is 750. The van der Waals surface area contributed by atoms with Crippen LogP contribution in [0.5, 0.6) is 0 Å². The number of hydrogen-bond donors (Lipinski definition) is 2. The van der Waals surface area contributed by atoms with Crippen LogP contribution in [-0.4, -0.2) is 41.0 Å². The molecule has 164 valence electrons. The molecule has 1 aromatic rings. The predicted molar refractivity (Wildman–Crippen MR) is 116 cm³/mol. The lowest BCUT2D eigenvalue weighted by Gasteiger charge is -2.29. The van der Waals surface area contributed by atoms with Crippen molar-refractivity contribution in [1.29, 1.82) is 0 Å². The van der Waals surface area contributed by atoms with Crippen LogP contribution >= 0.6 is 0 Å². The van der Waals surface area contributed by atoms with Crippen molar-refractivity contribution in [1.82, 2.24) is 15.5 Å². The van der Waals surface area contributed by atoms with Gasteiger partial charge in [-0.3, -0.25) is 14.5 Å². The number of unbranched alkanes of at least 4 members (excludes halogenated alkanes) is 2. The SMILES string of the molecule is C#CN(C(=O)C(C)NC(=O)OC(C)(C)C)C(C(=O)NCCCCC)c1ccccc1. The zero-order chi connectivity index (χ0) is 22.7. The molecule has 0 heterocycles. The largest absolute Gasteiger partial charge is 0.444 e. The highest BCUT2D eigenvalue weighted by Crippen LogP contribution is 2.21. The summed E-state index contributed by atoms with van der Waals surface area (Å²) in [6, 6.07) is 9.16. The van der Waals surface area contributed by atoms with Crippen LogP contribution in [0.1, 0.15) is 65.5 Å². The summed E-state index contributed by atoms with van der Waals surface area (Å²) in [6.45, 7) is 9.24. The molecule has 2 atom stereocenters. The third kappa shape index (κ3) is 8.16. The van der Waals surface area contributed by atoms with Crippen LogP contribution in [0.3, 0.4) is 0 Å². The van der Waals surface area contributed by atoms with Crippen LogP contribution in [0.4, 0.5) is 4.79 Å². The highest BCUT2D eigenvalue weighted by Gasteiger charge is 2.33. The Balaban J connectivity index is 3.02. The van der Waals surface area contributed by atoms with Crippen LogP contribution in [0, 0.1) is 12.5 Å². The molecule has 2 N–H and O–H groups in total. The average Bonchev–Trinajstić information content (AvgIpc) is 2.67. The number of nitrogens with zero attached hydrogens (tertiary/aromatic N) is 1. The van der Waals surface area contributed by atoms with E-state index >= 15 is 0 Å². The number of amides is 3. The van der Waals surface area contributed by atoms with Gasteiger partial charge in [0.15, 0.2) is 0 Å². The Hall–Kier alpha value is -3.01. The highest BCUT2D eigenvalue weighted by molar-refractivity contribution is 5.93. The molecule has 0 saturated heterocycles. The fraction of sp³-hybridized carbons (Fsp3) is 0.522. The lowest BCUT2D eigenvalue weighted by atomic mass is 10.0. The van der Waals surface area contributed by atoms with Gasteiger partial charge in [0.25, 0.3) is 5.91 Å². The molecule has 0 aromatic heterocycles. The van der Waals surface area contributed by atoms with Gasteiger partial charge in [-0.05, 0) is 39.7 Å². The number of benzene rings is 1. The van der Waals surface area contributed by atoms with E-state index in [4.69, 9.17) is 11.2 Å². The van der Waals surface area contributed by atoms with Gasteiger partial charge in [0.2, 0.25) is 5.91 Å². The Morgan fingerprint density at radius 3 is 2.33 bits per heavy atom. The van der Waals surface area contributed by atoms with Gasteiger partial charge in [-0.1, -0.05) is 56.5 Å². The molecule has 7 heteroatoms. The number of ether oxygens (including phenoxy) is 1. The number of hydrogen-bond acceptors (Lipinski definition) is 4. The van der Waals surface area contributed by atoms with Gasteiger partial charge < -0.3 is 15.4 Å². The van der Waals surface area contributed by atoms with E-state index < -0.39 is 29.7 Å². The van der Waals surface area contributed by atoms with Gasteiger partial charge in [-0.15, -0.1) is 0 Å². The molecular formula is C23H33N3O4. The maximum Gasteiger partial charge on any atom is 0.408 e. The van der Waals surface area contributed by atoms with Crippen molar-refractivity contribution < 1.29 is 19.1 Å². The molecule has 1 rings (SSSR count). The summed E-state index contributed by atoms with van der Waals surface area (Å²) in [6.07, 6.45) is 7.75. The first-order chi connectivity index (χ1) is 14.1. The van der Waals surface area contributed by atoms with E-state index in [9.17, 15) is 14.4 Å². The molecule has 30 heavy (non-hydrogen) atoms. The summed E-state index contributed by atoms with van der Waals surface area (Å²) < 4.78 is 5.19. The molecule has 0 aliphatic rings. The van der Waals surface area contributed by atoms with E-state index in [1.165, 1.54) is 6.92 Å². The summed E-state index contributed by atoms with van der Waals surface area (Å²) in [5.41, 5.74) is -0.120. The van der Waals surface area contributed by atoms with E-state index in [1.54, 1.807) is 45.0 Å². The number of terminal acetylenes is 1. The standard InChI is InChI=1S/C23H33N3O4/c1-7-9-13-16-24-20(27)19(18-14-11-10-12-15-18)26(8-2)21(28)17(3)25-22(29)30-23(4,5)6/h2,10-12,14-15,17,19H,7,9,13,16H2,1,3-6H3,(H,24,27)(H,25,29). The molecule has 0 bridgehead atoms. The van der Waals surface area contributed by atoms with Crippen LogP contribution in [-0.2, 0) is 14.3 Å². The van der Waals surface area contributed by atoms with Gasteiger partial charge in [0.05, 0.1) is 0 Å². The summed E-state index contributed by atoms with van der Waals surface area (Å²) in [5, 5.41) is 5.33. The van der Waals surface area contributed by atoms with Crippen LogP contribution in [0.25, 0.3) is 0 Å². The molecular weight excluding hydrogens is 382 g/mol. The van der Waals surface area contributed by atoms with Gasteiger partial charge in [-0.25, -0.2) is 4.79 Å². The third-order valence-electron chi connectivity index (χ3n) is 4.18. The lowest BCUT2D eigenvalue weighted by Crippen LogP contribution is -2.50. The smallest absolute Gasteiger partial charge is 0.408 e. The first-order valence-corrected chi connectivity index (χ1v) is 10.2. The monoisotopic (exact) mass is 415 g/mol. The highest BCUT2D eigenvalue weighted by atomic mass is 16.6. The predicted octanol–water partition coefficient (Wildman–Crippen LogP) is 3.37. The van der Waals surface area contributed by atoms with Crippen molar-refractivity contribution in [2.75, 3.05) is 6.54 Å². The second-order valence-electron chi connectivity index (χ2n) is 8.02. The molecule has 0 fully saturated rings. The number of alkyl carbamates (subject to hydrolysis) is 1. The van der Waals surface area contributed by atoms with Gasteiger partial charge >= 0.3 is 6.09 Å². The molecule has 0 saturated carbocycles. The first-order valence-electron chi connectivity index (χ1n) is 10.2. The average molecular weight is 416 g/mol. The van der Waals surface area contributed by atoms with Gasteiger partial charge in [0.1, 0.15) is 17.7 Å². The molecule has 0 radical (unpaired) electrons. The van der Waals surface area contributed by atoms with Crippen LogP contribution in [0.15, 0.2) is 30.3 Å². The fourth-order valence-corrected chi connectivity index (χ4v) is 2.76. The Morgan fingerprint density at radius 2 is 1.80 bits per heavy atom. The first kappa shape index (κ1) is 25.0.